The minimum atomic E-state index is 0.0752. The van der Waals surface area contributed by atoms with Gasteiger partial charge in [0.05, 0.1) is 0 Å². The van der Waals surface area contributed by atoms with Gasteiger partial charge in [-0.1, -0.05) is 121 Å². The maximum absolute atomic E-state index is 11.8. The van der Waals surface area contributed by atoms with Crippen LogP contribution in [0, 0.1) is 0 Å². The molecule has 0 bridgehead atoms. The van der Waals surface area contributed by atoms with Crippen LogP contribution in [-0.4, -0.2) is 5.78 Å². The molecule has 0 aliphatic carbocycles. The molecule has 0 saturated carbocycles. The molecule has 27 heavy (non-hydrogen) atoms. The maximum atomic E-state index is 11.8. The molecule has 0 radical (unpaired) electrons. The molecule has 0 unspecified atom stereocenters. The standard InChI is InChI=1S/C13H10O.C13H12/c14-13(11-7-3-1-4-8-11)12-9-5-2-6-10-12;1-3-7-12(8-4-1)11-13-9-5-2-6-10-13/h1-10H;1-10H,11H2. The minimum absolute atomic E-state index is 0.0752. The van der Waals surface area contributed by atoms with E-state index < -0.39 is 0 Å². The van der Waals surface area contributed by atoms with E-state index in [4.69, 9.17) is 0 Å². The Labute approximate surface area is 160 Å². The summed E-state index contributed by atoms with van der Waals surface area (Å²) in [4.78, 5) is 11.8. The average Bonchev–Trinajstić information content (AvgIpc) is 2.76. The zero-order chi connectivity index (χ0) is 18.7. The number of benzene rings is 4. The van der Waals surface area contributed by atoms with Crippen LogP contribution in [0.25, 0.3) is 0 Å². The Morgan fingerprint density at radius 2 is 0.741 bits per heavy atom. The maximum Gasteiger partial charge on any atom is 0.193 e. The van der Waals surface area contributed by atoms with Crippen LogP contribution in [0.5, 0.6) is 0 Å². The Bertz CT molecular complexity index is 851. The fraction of sp³-hybridized carbons (Fsp3) is 0.0385. The summed E-state index contributed by atoms with van der Waals surface area (Å²) < 4.78 is 0. The predicted molar refractivity (Wildman–Crippen MR) is 112 cm³/mol. The Kier molecular flexibility index (Phi) is 6.72. The van der Waals surface area contributed by atoms with Gasteiger partial charge >= 0.3 is 0 Å². The van der Waals surface area contributed by atoms with Gasteiger partial charge in [0.25, 0.3) is 0 Å². The zero-order valence-corrected chi connectivity index (χ0v) is 15.2. The van der Waals surface area contributed by atoms with E-state index in [-0.39, 0.29) is 5.78 Å². The van der Waals surface area contributed by atoms with Crippen molar-refractivity contribution in [3.8, 4) is 0 Å². The Balaban J connectivity index is 0.000000156. The Hall–Kier alpha value is -3.45. The quantitative estimate of drug-likeness (QED) is 0.401. The van der Waals surface area contributed by atoms with Crippen molar-refractivity contribution < 1.29 is 4.79 Å². The van der Waals surface area contributed by atoms with Gasteiger partial charge in [-0.3, -0.25) is 4.79 Å². The lowest BCUT2D eigenvalue weighted by Gasteiger charge is -2.00. The first-order chi connectivity index (χ1) is 13.3. The van der Waals surface area contributed by atoms with Crippen LogP contribution < -0.4 is 0 Å². The molecule has 4 aromatic carbocycles. The lowest BCUT2D eigenvalue weighted by atomic mass is 10.0. The number of rotatable bonds is 4. The molecule has 0 saturated heterocycles. The molecule has 0 aliphatic heterocycles. The predicted octanol–water partition coefficient (Wildman–Crippen LogP) is 6.20. The SMILES string of the molecule is O=C(c1ccccc1)c1ccccc1.c1ccc(Cc2ccccc2)cc1. The molecule has 4 rings (SSSR count). The average molecular weight is 350 g/mol. The minimum Gasteiger partial charge on any atom is -0.289 e. The summed E-state index contributed by atoms with van der Waals surface area (Å²) in [6.45, 7) is 0. The Morgan fingerprint density at radius 1 is 0.444 bits per heavy atom. The molecule has 0 fully saturated rings. The van der Waals surface area contributed by atoms with E-state index in [1.54, 1.807) is 0 Å². The van der Waals surface area contributed by atoms with Crippen LogP contribution in [0.1, 0.15) is 27.0 Å². The normalized spacial score (nSPS) is 9.78. The molecule has 0 amide bonds. The molecule has 0 N–H and O–H groups in total. The van der Waals surface area contributed by atoms with Crippen molar-refractivity contribution >= 4 is 5.78 Å². The molecule has 1 heteroatoms. The molecular weight excluding hydrogens is 328 g/mol. The van der Waals surface area contributed by atoms with Gasteiger partial charge in [0, 0.05) is 11.1 Å². The first kappa shape index (κ1) is 18.3. The van der Waals surface area contributed by atoms with Gasteiger partial charge in [-0.2, -0.15) is 0 Å². The molecule has 132 valence electrons. The molecule has 0 atom stereocenters. The van der Waals surface area contributed by atoms with E-state index >= 15 is 0 Å². The summed E-state index contributed by atoms with van der Waals surface area (Å²) in [7, 11) is 0. The van der Waals surface area contributed by atoms with Crippen molar-refractivity contribution in [1.29, 1.82) is 0 Å². The highest BCUT2D eigenvalue weighted by Gasteiger charge is 2.06. The van der Waals surface area contributed by atoms with E-state index in [1.807, 2.05) is 60.7 Å². The summed E-state index contributed by atoms with van der Waals surface area (Å²) in [6.07, 6.45) is 1.03. The molecule has 1 nitrogen and oxygen atoms in total. The third kappa shape index (κ3) is 5.79. The second-order valence-corrected chi connectivity index (χ2v) is 6.21. The first-order valence-electron chi connectivity index (χ1n) is 9.05. The van der Waals surface area contributed by atoms with Crippen LogP contribution in [-0.2, 0) is 6.42 Å². The summed E-state index contributed by atoms with van der Waals surface area (Å²) in [5.74, 6) is 0.0752. The largest absolute Gasteiger partial charge is 0.289 e. The van der Waals surface area contributed by atoms with Gasteiger partial charge in [-0.15, -0.1) is 0 Å². The van der Waals surface area contributed by atoms with E-state index in [0.717, 1.165) is 17.5 Å². The van der Waals surface area contributed by atoms with E-state index in [1.165, 1.54) is 11.1 Å². The lowest BCUT2D eigenvalue weighted by Crippen LogP contribution is -1.99. The third-order valence-corrected chi connectivity index (χ3v) is 4.17. The van der Waals surface area contributed by atoms with Crippen molar-refractivity contribution in [3.63, 3.8) is 0 Å². The topological polar surface area (TPSA) is 17.1 Å². The summed E-state index contributed by atoms with van der Waals surface area (Å²) in [5.41, 5.74) is 4.21. The van der Waals surface area contributed by atoms with Crippen molar-refractivity contribution in [1.82, 2.24) is 0 Å². The number of carbonyl (C=O) groups excluding carboxylic acids is 1. The highest BCUT2D eigenvalue weighted by Crippen LogP contribution is 2.09. The van der Waals surface area contributed by atoms with Crippen LogP contribution >= 0.6 is 0 Å². The first-order valence-corrected chi connectivity index (χ1v) is 9.05. The van der Waals surface area contributed by atoms with E-state index in [0.29, 0.717) is 0 Å². The number of hydrogen-bond donors (Lipinski definition) is 0. The van der Waals surface area contributed by atoms with Crippen LogP contribution in [0.4, 0.5) is 0 Å². The van der Waals surface area contributed by atoms with Crippen molar-refractivity contribution in [3.05, 3.63) is 144 Å². The fourth-order valence-corrected chi connectivity index (χ4v) is 2.77. The highest BCUT2D eigenvalue weighted by molar-refractivity contribution is 6.08. The van der Waals surface area contributed by atoms with Crippen LogP contribution in [0.2, 0.25) is 0 Å². The second kappa shape index (κ2) is 9.88. The van der Waals surface area contributed by atoms with Crippen molar-refractivity contribution in [2.75, 3.05) is 0 Å². The number of carbonyl (C=O) groups is 1. The van der Waals surface area contributed by atoms with Crippen LogP contribution in [0.15, 0.2) is 121 Å². The summed E-state index contributed by atoms with van der Waals surface area (Å²) >= 11 is 0. The van der Waals surface area contributed by atoms with Gasteiger partial charge in [0.2, 0.25) is 0 Å². The van der Waals surface area contributed by atoms with Crippen molar-refractivity contribution in [2.45, 2.75) is 6.42 Å². The monoisotopic (exact) mass is 350 g/mol. The van der Waals surface area contributed by atoms with Gasteiger partial charge in [0.1, 0.15) is 0 Å². The smallest absolute Gasteiger partial charge is 0.193 e. The molecule has 4 aromatic rings. The third-order valence-electron chi connectivity index (χ3n) is 4.17. The molecule has 0 aromatic heterocycles. The van der Waals surface area contributed by atoms with Gasteiger partial charge < -0.3 is 0 Å². The number of ketones is 1. The second-order valence-electron chi connectivity index (χ2n) is 6.21. The van der Waals surface area contributed by atoms with Gasteiger partial charge in [-0.25, -0.2) is 0 Å². The summed E-state index contributed by atoms with van der Waals surface area (Å²) in [5, 5.41) is 0. The fourth-order valence-electron chi connectivity index (χ4n) is 2.77. The zero-order valence-electron chi connectivity index (χ0n) is 15.2. The lowest BCUT2D eigenvalue weighted by molar-refractivity contribution is 0.103. The van der Waals surface area contributed by atoms with Crippen LogP contribution in [0.3, 0.4) is 0 Å². The molecule has 0 aliphatic rings. The Morgan fingerprint density at radius 3 is 1.07 bits per heavy atom. The van der Waals surface area contributed by atoms with E-state index in [2.05, 4.69) is 60.7 Å². The van der Waals surface area contributed by atoms with Gasteiger partial charge in [0.15, 0.2) is 5.78 Å². The summed E-state index contributed by atoms with van der Waals surface area (Å²) in [6, 6.07) is 39.7. The molecule has 0 heterocycles. The van der Waals surface area contributed by atoms with E-state index in [9.17, 15) is 4.79 Å². The number of hydrogen-bond acceptors (Lipinski definition) is 1. The van der Waals surface area contributed by atoms with Crippen molar-refractivity contribution in [2.24, 2.45) is 0 Å². The molecule has 0 spiro atoms. The highest BCUT2D eigenvalue weighted by atomic mass is 16.1. The molecular formula is C26H22O. The van der Waals surface area contributed by atoms with Gasteiger partial charge in [-0.05, 0) is 17.5 Å².